The summed E-state index contributed by atoms with van der Waals surface area (Å²) in [6, 6.07) is 0. The van der Waals surface area contributed by atoms with Crippen LogP contribution in [0.25, 0.3) is 0 Å². The summed E-state index contributed by atoms with van der Waals surface area (Å²) in [6.45, 7) is 0. The number of nitrogens with zero attached hydrogens (tertiary/aromatic N) is 2. The largest absolute Gasteiger partial charge is 0.394 e. The van der Waals surface area contributed by atoms with Gasteiger partial charge >= 0.3 is 10.3 Å². The van der Waals surface area contributed by atoms with Crippen molar-refractivity contribution >= 4 is 10.3 Å². The van der Waals surface area contributed by atoms with Gasteiger partial charge in [-0.2, -0.15) is 8.42 Å². The van der Waals surface area contributed by atoms with Crippen LogP contribution >= 0.6 is 0 Å². The Bertz CT molecular complexity index is 274. The fourth-order valence-corrected chi connectivity index (χ4v) is 0.753. The first-order valence-electron chi connectivity index (χ1n) is 2.05. The Hall–Kier alpha value is -0.880. The van der Waals surface area contributed by atoms with Crippen molar-refractivity contribution in [2.45, 2.75) is 0 Å². The highest BCUT2D eigenvalue weighted by Crippen LogP contribution is 1.90. The van der Waals surface area contributed by atoms with E-state index >= 15 is 0 Å². The molecule has 0 fully saturated rings. The zero-order valence-electron chi connectivity index (χ0n) is 4.26. The second kappa shape index (κ2) is 1.82. The van der Waals surface area contributed by atoms with Crippen LogP contribution in [-0.2, 0) is 14.9 Å². The Balaban J connectivity index is 3.20. The highest BCUT2D eigenvalue weighted by Gasteiger charge is 2.06. The van der Waals surface area contributed by atoms with Gasteiger partial charge in [-0.3, -0.25) is 0 Å². The van der Waals surface area contributed by atoms with Crippen molar-refractivity contribution < 1.29 is 13.0 Å². The van der Waals surface area contributed by atoms with Crippen LogP contribution < -0.4 is 0 Å². The summed E-state index contributed by atoms with van der Waals surface area (Å²) in [4.78, 5) is 3.37. The molecule has 1 aromatic heterocycles. The molecule has 0 saturated heterocycles. The van der Waals surface area contributed by atoms with E-state index in [2.05, 4.69) is 4.98 Å². The van der Waals surface area contributed by atoms with Crippen LogP contribution in [-0.4, -0.2) is 17.4 Å². The van der Waals surface area contributed by atoms with E-state index in [0.717, 1.165) is 12.5 Å². The van der Waals surface area contributed by atoms with Crippen LogP contribution in [0.3, 0.4) is 0 Å². The average molecular weight is 147 g/mol. The summed E-state index contributed by atoms with van der Waals surface area (Å²) in [7, 11) is -4.36. The summed E-state index contributed by atoms with van der Waals surface area (Å²) < 4.78 is 30.7. The van der Waals surface area contributed by atoms with Gasteiger partial charge in [0, 0.05) is 12.4 Å². The van der Waals surface area contributed by atoms with Gasteiger partial charge < -0.3 is 0 Å². The van der Waals surface area contributed by atoms with Gasteiger partial charge in [0.05, 0.1) is 0 Å². The van der Waals surface area contributed by atoms with E-state index in [9.17, 15) is 13.0 Å². The average Bonchev–Trinajstić information content (AvgIpc) is 2.08. The monoisotopic (exact) mass is 147 g/mol. The highest BCUT2D eigenvalue weighted by atomic mass is 32.2. The lowest BCUT2D eigenvalue weighted by Crippen LogP contribution is -2.05. The summed E-state index contributed by atoms with van der Waals surface area (Å²) in [6.07, 6.45) is 3.22. The molecule has 0 unspecified atom stereocenters. The van der Waals surface area contributed by atoms with Crippen molar-refractivity contribution in [1.82, 2.24) is 8.96 Å². The number of rotatable bonds is 1. The number of hydrogen-bond donors (Lipinski definition) is 0. The van der Waals surface area contributed by atoms with Gasteiger partial charge in [0.2, 0.25) is 0 Å². The van der Waals surface area contributed by atoms with E-state index in [4.69, 9.17) is 0 Å². The minimum Gasteiger partial charge on any atom is -0.244 e. The van der Waals surface area contributed by atoms with E-state index in [0.29, 0.717) is 3.97 Å². The Kier molecular flexibility index (Phi) is 1.26. The van der Waals surface area contributed by atoms with Crippen LogP contribution in [0.4, 0.5) is 0 Å². The summed E-state index contributed by atoms with van der Waals surface area (Å²) in [5.74, 6) is 0. The number of aromatic nitrogens is 2. The first-order chi connectivity index (χ1) is 4.11. The highest BCUT2D eigenvalue weighted by molar-refractivity contribution is 7.83. The van der Waals surface area contributed by atoms with Gasteiger partial charge in [-0.05, 0) is 0 Å². The van der Waals surface area contributed by atoms with Crippen molar-refractivity contribution in [1.29, 1.82) is 0 Å². The molecule has 1 aromatic rings. The third-order valence-electron chi connectivity index (χ3n) is 0.738. The first-order valence-corrected chi connectivity index (χ1v) is 3.41. The predicted molar refractivity (Wildman–Crippen MR) is 27.2 cm³/mol. The molecule has 0 atom stereocenters. The number of imidazole rings is 1. The lowest BCUT2D eigenvalue weighted by molar-refractivity contribution is 0.405. The van der Waals surface area contributed by atoms with Gasteiger partial charge in [-0.25, -0.2) is 8.96 Å². The third kappa shape index (κ3) is 1.27. The zero-order chi connectivity index (χ0) is 6.91. The van der Waals surface area contributed by atoms with E-state index in [1.165, 1.54) is 6.20 Å². The molecule has 0 aliphatic carbocycles. The molecule has 6 heteroatoms. The molecule has 1 heterocycles. The van der Waals surface area contributed by atoms with Gasteiger partial charge in [-0.1, -0.05) is 4.55 Å². The number of hydrogen-bond acceptors (Lipinski definition) is 3. The molecule has 9 heavy (non-hydrogen) atoms. The quantitative estimate of drug-likeness (QED) is 0.532. The van der Waals surface area contributed by atoms with Crippen LogP contribution in [0.5, 0.6) is 0 Å². The summed E-state index contributed by atoms with van der Waals surface area (Å²) in [5, 5.41) is 0. The molecule has 0 saturated carbocycles. The van der Waals surface area contributed by atoms with Crippen molar-refractivity contribution in [3.63, 3.8) is 0 Å². The second-order valence-corrected chi connectivity index (χ2v) is 2.63. The molecule has 0 amide bonds. The van der Waals surface area contributed by atoms with Gasteiger partial charge in [0.25, 0.3) is 0 Å². The van der Waals surface area contributed by atoms with Crippen molar-refractivity contribution in [2.24, 2.45) is 0 Å². The minimum absolute atomic E-state index is 0.493. The molecular weight excluding hydrogens is 144 g/mol. The SMILES string of the molecule is [O]S(=O)(=O)n1ccnc1. The smallest absolute Gasteiger partial charge is 0.244 e. The molecule has 0 N–H and O–H groups in total. The van der Waals surface area contributed by atoms with E-state index < -0.39 is 10.3 Å². The van der Waals surface area contributed by atoms with Crippen LogP contribution in [0.15, 0.2) is 18.7 Å². The summed E-state index contributed by atoms with van der Waals surface area (Å²) >= 11 is 0. The van der Waals surface area contributed by atoms with Crippen LogP contribution in [0, 0.1) is 0 Å². The summed E-state index contributed by atoms with van der Waals surface area (Å²) in [5.41, 5.74) is 0. The van der Waals surface area contributed by atoms with Crippen molar-refractivity contribution in [3.8, 4) is 0 Å². The van der Waals surface area contributed by atoms with E-state index in [1.807, 2.05) is 0 Å². The molecule has 5 nitrogen and oxygen atoms in total. The van der Waals surface area contributed by atoms with Gasteiger partial charge in [0.15, 0.2) is 0 Å². The standard InChI is InChI=1S/C3H3N2O3S/c6-9(7,8)5-2-1-4-3-5/h1-3H. The molecule has 1 rings (SSSR count). The van der Waals surface area contributed by atoms with Gasteiger partial charge in [-0.15, -0.1) is 0 Å². The van der Waals surface area contributed by atoms with Crippen LogP contribution in [0.1, 0.15) is 0 Å². The Morgan fingerprint density at radius 1 is 1.44 bits per heavy atom. The Morgan fingerprint density at radius 3 is 2.33 bits per heavy atom. The maximum Gasteiger partial charge on any atom is 0.394 e. The molecule has 0 spiro atoms. The molecule has 0 bridgehead atoms. The third-order valence-corrected chi connectivity index (χ3v) is 1.47. The minimum atomic E-state index is -4.36. The maximum absolute atomic E-state index is 10.1. The molecule has 49 valence electrons. The van der Waals surface area contributed by atoms with Crippen LogP contribution in [0.2, 0.25) is 0 Å². The lowest BCUT2D eigenvalue weighted by atomic mass is 11.0. The second-order valence-electron chi connectivity index (χ2n) is 1.35. The predicted octanol–water partition coefficient (Wildman–Crippen LogP) is -0.594. The normalized spacial score (nSPS) is 11.7. The van der Waals surface area contributed by atoms with Crippen molar-refractivity contribution in [3.05, 3.63) is 18.7 Å². The maximum atomic E-state index is 10.1. The van der Waals surface area contributed by atoms with Crippen molar-refractivity contribution in [2.75, 3.05) is 0 Å². The molecule has 0 aliphatic rings. The molecule has 0 aliphatic heterocycles. The fourth-order valence-electron chi connectivity index (χ4n) is 0.379. The Morgan fingerprint density at radius 2 is 2.11 bits per heavy atom. The Labute approximate surface area is 51.8 Å². The molecule has 0 aromatic carbocycles. The molecule has 1 radical (unpaired) electrons. The topological polar surface area (TPSA) is 71.9 Å². The van der Waals surface area contributed by atoms with E-state index in [1.54, 1.807) is 0 Å². The zero-order valence-corrected chi connectivity index (χ0v) is 5.08. The fraction of sp³-hybridized carbons (Fsp3) is 0. The lowest BCUT2D eigenvalue weighted by Gasteiger charge is -1.88. The first kappa shape index (κ1) is 6.24. The van der Waals surface area contributed by atoms with E-state index in [-0.39, 0.29) is 0 Å². The molecular formula is C3H3N2O3S. The van der Waals surface area contributed by atoms with Gasteiger partial charge in [0.1, 0.15) is 6.33 Å².